The second-order valence-corrected chi connectivity index (χ2v) is 5.64. The number of hydrogen-bond acceptors (Lipinski definition) is 3. The zero-order valence-corrected chi connectivity index (χ0v) is 12.4. The molecule has 2 aromatic rings. The Kier molecular flexibility index (Phi) is 3.83. The SMILES string of the molecule is COCc1nc(-c2c(C)c(C)cc(C)c2C)cs1. The molecule has 0 spiro atoms. The number of rotatable bonds is 3. The molecule has 0 aliphatic heterocycles. The molecule has 0 aliphatic carbocycles. The Morgan fingerprint density at radius 2 is 1.72 bits per heavy atom. The number of hydrogen-bond donors (Lipinski definition) is 0. The summed E-state index contributed by atoms with van der Waals surface area (Å²) in [5, 5.41) is 3.16. The largest absolute Gasteiger partial charge is 0.378 e. The molecule has 18 heavy (non-hydrogen) atoms. The van der Waals surface area contributed by atoms with Gasteiger partial charge in [0.05, 0.1) is 12.3 Å². The topological polar surface area (TPSA) is 22.1 Å². The Labute approximate surface area is 113 Å². The first kappa shape index (κ1) is 13.2. The molecule has 0 amide bonds. The minimum atomic E-state index is 0.591. The average molecular weight is 261 g/mol. The standard InChI is InChI=1S/C15H19NOS/c1-9-6-10(2)12(4)15(11(9)3)13-8-18-14(16-13)7-17-5/h6,8H,7H2,1-5H3. The monoisotopic (exact) mass is 261 g/mol. The summed E-state index contributed by atoms with van der Waals surface area (Å²) in [6.45, 7) is 9.26. The highest BCUT2D eigenvalue weighted by atomic mass is 32.1. The molecule has 0 atom stereocenters. The Morgan fingerprint density at radius 3 is 2.28 bits per heavy atom. The first-order valence-electron chi connectivity index (χ1n) is 6.05. The van der Waals surface area contributed by atoms with Crippen LogP contribution in [0.2, 0.25) is 0 Å². The zero-order valence-electron chi connectivity index (χ0n) is 11.6. The van der Waals surface area contributed by atoms with Gasteiger partial charge in [-0.1, -0.05) is 6.07 Å². The first-order chi connectivity index (χ1) is 8.54. The van der Waals surface area contributed by atoms with Crippen LogP contribution in [0.1, 0.15) is 27.3 Å². The van der Waals surface area contributed by atoms with Crippen molar-refractivity contribution in [3.8, 4) is 11.3 Å². The van der Waals surface area contributed by atoms with Crippen molar-refractivity contribution in [3.05, 3.63) is 38.7 Å². The van der Waals surface area contributed by atoms with E-state index in [0.29, 0.717) is 6.61 Å². The molecule has 3 heteroatoms. The van der Waals surface area contributed by atoms with Gasteiger partial charge in [-0.15, -0.1) is 11.3 Å². The Balaban J connectivity index is 2.55. The van der Waals surface area contributed by atoms with E-state index in [1.54, 1.807) is 18.4 Å². The van der Waals surface area contributed by atoms with E-state index < -0.39 is 0 Å². The minimum Gasteiger partial charge on any atom is -0.378 e. The van der Waals surface area contributed by atoms with E-state index >= 15 is 0 Å². The summed E-state index contributed by atoms with van der Waals surface area (Å²) in [5.74, 6) is 0. The maximum Gasteiger partial charge on any atom is 0.119 e. The van der Waals surface area contributed by atoms with E-state index in [9.17, 15) is 0 Å². The third kappa shape index (κ3) is 2.33. The van der Waals surface area contributed by atoms with Crippen LogP contribution in [0.25, 0.3) is 11.3 Å². The van der Waals surface area contributed by atoms with Crippen LogP contribution in [-0.4, -0.2) is 12.1 Å². The molecule has 1 aromatic heterocycles. The lowest BCUT2D eigenvalue weighted by atomic mass is 9.93. The van der Waals surface area contributed by atoms with Gasteiger partial charge in [-0.3, -0.25) is 0 Å². The van der Waals surface area contributed by atoms with E-state index in [1.165, 1.54) is 27.8 Å². The van der Waals surface area contributed by atoms with Crippen LogP contribution in [0.5, 0.6) is 0 Å². The highest BCUT2D eigenvalue weighted by molar-refractivity contribution is 7.09. The lowest BCUT2D eigenvalue weighted by Crippen LogP contribution is -1.96. The highest BCUT2D eigenvalue weighted by Gasteiger charge is 2.13. The maximum absolute atomic E-state index is 5.13. The van der Waals surface area contributed by atoms with Gasteiger partial charge in [0.25, 0.3) is 0 Å². The van der Waals surface area contributed by atoms with Crippen molar-refractivity contribution in [1.29, 1.82) is 0 Å². The summed E-state index contributed by atoms with van der Waals surface area (Å²) >= 11 is 1.66. The molecule has 1 aromatic carbocycles. The molecular weight excluding hydrogens is 242 g/mol. The van der Waals surface area contributed by atoms with Gasteiger partial charge in [0.2, 0.25) is 0 Å². The molecule has 0 fully saturated rings. The number of aryl methyl sites for hydroxylation is 2. The second-order valence-electron chi connectivity index (χ2n) is 4.69. The molecule has 0 saturated heterocycles. The normalized spacial score (nSPS) is 10.9. The summed E-state index contributed by atoms with van der Waals surface area (Å²) in [7, 11) is 1.70. The quantitative estimate of drug-likeness (QED) is 0.826. The predicted molar refractivity (Wildman–Crippen MR) is 77.2 cm³/mol. The molecular formula is C15H19NOS. The van der Waals surface area contributed by atoms with Gasteiger partial charge in [-0.05, 0) is 49.9 Å². The summed E-state index contributed by atoms with van der Waals surface area (Å²) in [4.78, 5) is 4.67. The number of ether oxygens (including phenoxy) is 1. The van der Waals surface area contributed by atoms with Crippen molar-refractivity contribution in [1.82, 2.24) is 4.98 Å². The fourth-order valence-electron chi connectivity index (χ4n) is 2.22. The molecule has 0 bridgehead atoms. The maximum atomic E-state index is 5.13. The zero-order chi connectivity index (χ0) is 13.3. The van der Waals surface area contributed by atoms with Crippen molar-refractivity contribution in [2.24, 2.45) is 0 Å². The number of thiazole rings is 1. The van der Waals surface area contributed by atoms with E-state index in [-0.39, 0.29) is 0 Å². The fraction of sp³-hybridized carbons (Fsp3) is 0.400. The van der Waals surface area contributed by atoms with Gasteiger partial charge < -0.3 is 4.74 Å². The van der Waals surface area contributed by atoms with Crippen molar-refractivity contribution in [2.45, 2.75) is 34.3 Å². The van der Waals surface area contributed by atoms with Crippen LogP contribution in [0, 0.1) is 27.7 Å². The summed E-state index contributed by atoms with van der Waals surface area (Å²) < 4.78 is 5.13. The van der Waals surface area contributed by atoms with E-state index in [0.717, 1.165) is 10.7 Å². The third-order valence-electron chi connectivity index (χ3n) is 3.44. The van der Waals surface area contributed by atoms with Gasteiger partial charge in [0, 0.05) is 18.1 Å². The average Bonchev–Trinajstić information content (AvgIpc) is 2.76. The smallest absolute Gasteiger partial charge is 0.119 e. The third-order valence-corrected chi connectivity index (χ3v) is 4.26. The summed E-state index contributed by atoms with van der Waals surface area (Å²) in [6, 6.07) is 2.25. The van der Waals surface area contributed by atoms with Crippen LogP contribution in [0.3, 0.4) is 0 Å². The highest BCUT2D eigenvalue weighted by Crippen LogP contribution is 2.32. The van der Waals surface area contributed by atoms with Crippen molar-refractivity contribution in [2.75, 3.05) is 7.11 Å². The van der Waals surface area contributed by atoms with Gasteiger partial charge >= 0.3 is 0 Å². The Hall–Kier alpha value is -1.19. The molecule has 1 heterocycles. The van der Waals surface area contributed by atoms with Gasteiger partial charge in [-0.25, -0.2) is 4.98 Å². The predicted octanol–water partition coefficient (Wildman–Crippen LogP) is 4.19. The van der Waals surface area contributed by atoms with Crippen LogP contribution in [-0.2, 0) is 11.3 Å². The van der Waals surface area contributed by atoms with Crippen LogP contribution in [0.4, 0.5) is 0 Å². The number of aromatic nitrogens is 1. The van der Waals surface area contributed by atoms with Crippen LogP contribution < -0.4 is 0 Å². The lowest BCUT2D eigenvalue weighted by Gasteiger charge is -2.13. The Morgan fingerprint density at radius 1 is 1.11 bits per heavy atom. The number of benzene rings is 1. The van der Waals surface area contributed by atoms with Crippen molar-refractivity contribution < 1.29 is 4.74 Å². The van der Waals surface area contributed by atoms with Crippen molar-refractivity contribution in [3.63, 3.8) is 0 Å². The fourth-order valence-corrected chi connectivity index (χ4v) is 2.97. The first-order valence-corrected chi connectivity index (χ1v) is 6.93. The van der Waals surface area contributed by atoms with Crippen LogP contribution in [0.15, 0.2) is 11.4 Å². The van der Waals surface area contributed by atoms with E-state index in [4.69, 9.17) is 4.74 Å². The molecule has 0 radical (unpaired) electrons. The molecule has 0 unspecified atom stereocenters. The van der Waals surface area contributed by atoms with Crippen molar-refractivity contribution >= 4 is 11.3 Å². The van der Waals surface area contributed by atoms with Gasteiger partial charge in [-0.2, -0.15) is 0 Å². The molecule has 0 saturated carbocycles. The minimum absolute atomic E-state index is 0.591. The molecule has 96 valence electrons. The summed E-state index contributed by atoms with van der Waals surface area (Å²) in [6.07, 6.45) is 0. The van der Waals surface area contributed by atoms with E-state index in [1.807, 2.05) is 0 Å². The van der Waals surface area contributed by atoms with Gasteiger partial charge in [0.1, 0.15) is 5.01 Å². The molecule has 2 nitrogen and oxygen atoms in total. The van der Waals surface area contributed by atoms with Gasteiger partial charge in [0.15, 0.2) is 0 Å². The molecule has 0 aliphatic rings. The number of nitrogens with zero attached hydrogens (tertiary/aromatic N) is 1. The number of methoxy groups -OCH3 is 1. The summed E-state index contributed by atoms with van der Waals surface area (Å²) in [5.41, 5.74) is 7.67. The molecule has 2 rings (SSSR count). The Bertz CT molecular complexity index is 546. The second kappa shape index (κ2) is 5.21. The lowest BCUT2D eigenvalue weighted by molar-refractivity contribution is 0.184. The van der Waals surface area contributed by atoms with Crippen LogP contribution >= 0.6 is 11.3 Å². The van der Waals surface area contributed by atoms with E-state index in [2.05, 4.69) is 44.1 Å². The molecule has 0 N–H and O–H groups in total.